The van der Waals surface area contributed by atoms with Crippen molar-refractivity contribution in [2.45, 2.75) is 47.5 Å². The Kier molecular flexibility index (Phi) is 93.3. The summed E-state index contributed by atoms with van der Waals surface area (Å²) in [6.07, 6.45) is 12.1. The summed E-state index contributed by atoms with van der Waals surface area (Å²) >= 11 is 0. The zero-order valence-electron chi connectivity index (χ0n) is 10.7. The van der Waals surface area contributed by atoms with Gasteiger partial charge in [-0.05, 0) is 19.8 Å². The molecule has 86 valence electrons. The minimum absolute atomic E-state index is 0.855. The molecule has 0 bridgehead atoms. The van der Waals surface area contributed by atoms with Gasteiger partial charge in [0.15, 0.2) is 0 Å². The van der Waals surface area contributed by atoms with Crippen LogP contribution in [0.25, 0.3) is 0 Å². The quantitative estimate of drug-likeness (QED) is 0.374. The number of terminal acetylenes is 1. The monoisotopic (exact) mass is 200 g/mol. The number of hydrogen-bond donors (Lipinski definition) is 0. The molecule has 14 heavy (non-hydrogen) atoms. The molecule has 0 saturated heterocycles. The highest BCUT2D eigenvalue weighted by molar-refractivity contribution is 4.60. The molecular weight excluding hydrogens is 172 g/mol. The van der Waals surface area contributed by atoms with Crippen LogP contribution < -0.4 is 0 Å². The van der Waals surface area contributed by atoms with Crippen LogP contribution in [0.5, 0.6) is 0 Å². The molecule has 0 aromatic carbocycles. The van der Waals surface area contributed by atoms with Crippen LogP contribution in [0.3, 0.4) is 0 Å². The summed E-state index contributed by atoms with van der Waals surface area (Å²) in [5.74, 6) is 0. The summed E-state index contributed by atoms with van der Waals surface area (Å²) in [7, 11) is 0. The summed E-state index contributed by atoms with van der Waals surface area (Å²) in [4.78, 5) is 0. The standard InChI is InChI=1S/C5H12O.C4H8.C2H6.C2H2/c1-3-5-6-4-2;1-3-4-2;2*1-2/h3-5H2,1-2H3;3H,1,4H2,2H3;1-2H3;1-2H. The normalized spacial score (nSPS) is 6.21. The van der Waals surface area contributed by atoms with E-state index in [2.05, 4.69) is 33.3 Å². The Morgan fingerprint density at radius 3 is 1.57 bits per heavy atom. The zero-order valence-corrected chi connectivity index (χ0v) is 10.7. The first-order valence-electron chi connectivity index (χ1n) is 5.35. The van der Waals surface area contributed by atoms with Crippen molar-refractivity contribution in [3.63, 3.8) is 0 Å². The third kappa shape index (κ3) is 112. The Hall–Kier alpha value is -0.740. The highest BCUT2D eigenvalue weighted by Gasteiger charge is 1.72. The molecule has 0 aliphatic heterocycles. The summed E-state index contributed by atoms with van der Waals surface area (Å²) < 4.78 is 4.98. The number of hydrogen-bond acceptors (Lipinski definition) is 1. The molecule has 0 fully saturated rings. The maximum atomic E-state index is 4.98. The highest BCUT2D eigenvalue weighted by atomic mass is 16.5. The lowest BCUT2D eigenvalue weighted by Crippen LogP contribution is -1.88. The smallest absolute Gasteiger partial charge is 0.0463 e. The second-order valence-corrected chi connectivity index (χ2v) is 1.89. The largest absolute Gasteiger partial charge is 0.382 e. The van der Waals surface area contributed by atoms with E-state index < -0.39 is 0 Å². The molecule has 0 unspecified atom stereocenters. The SMILES string of the molecule is C#C.C=CCC.CC.CCCOCC. The van der Waals surface area contributed by atoms with Gasteiger partial charge in [0.1, 0.15) is 0 Å². The van der Waals surface area contributed by atoms with Gasteiger partial charge >= 0.3 is 0 Å². The van der Waals surface area contributed by atoms with Gasteiger partial charge in [-0.15, -0.1) is 19.4 Å². The molecule has 0 radical (unpaired) electrons. The summed E-state index contributed by atoms with van der Waals surface area (Å²) in [5, 5.41) is 0. The molecule has 0 heterocycles. The molecule has 1 nitrogen and oxygen atoms in total. The fourth-order valence-corrected chi connectivity index (χ4v) is 0.289. The molecule has 0 spiro atoms. The van der Waals surface area contributed by atoms with Crippen LogP contribution in [0, 0.1) is 12.8 Å². The lowest BCUT2D eigenvalue weighted by atomic mass is 10.5. The van der Waals surface area contributed by atoms with E-state index >= 15 is 0 Å². The van der Waals surface area contributed by atoms with Gasteiger partial charge in [0, 0.05) is 13.2 Å². The fraction of sp³-hybridized carbons (Fsp3) is 0.692. The van der Waals surface area contributed by atoms with Crippen molar-refractivity contribution >= 4 is 0 Å². The van der Waals surface area contributed by atoms with Crippen LogP contribution in [-0.4, -0.2) is 13.2 Å². The lowest BCUT2D eigenvalue weighted by Gasteiger charge is -1.91. The van der Waals surface area contributed by atoms with Crippen molar-refractivity contribution in [3.05, 3.63) is 12.7 Å². The van der Waals surface area contributed by atoms with Crippen molar-refractivity contribution in [1.82, 2.24) is 0 Å². The third-order valence-corrected chi connectivity index (χ3v) is 0.841. The molecule has 0 aromatic heterocycles. The second-order valence-electron chi connectivity index (χ2n) is 1.89. The van der Waals surface area contributed by atoms with Crippen LogP contribution in [0.1, 0.15) is 47.5 Å². The van der Waals surface area contributed by atoms with Gasteiger partial charge < -0.3 is 4.74 Å². The van der Waals surface area contributed by atoms with E-state index in [9.17, 15) is 0 Å². The Balaban J connectivity index is -0.0000000546. The van der Waals surface area contributed by atoms with E-state index in [1.807, 2.05) is 26.8 Å². The van der Waals surface area contributed by atoms with Crippen molar-refractivity contribution in [2.24, 2.45) is 0 Å². The van der Waals surface area contributed by atoms with Crippen LogP contribution in [-0.2, 0) is 4.74 Å². The molecular formula is C13H28O. The Bertz CT molecular complexity index is 70.5. The molecule has 0 aliphatic carbocycles. The third-order valence-electron chi connectivity index (χ3n) is 0.841. The van der Waals surface area contributed by atoms with E-state index in [0.29, 0.717) is 0 Å². The molecule has 0 aliphatic rings. The van der Waals surface area contributed by atoms with Crippen LogP contribution in [0.15, 0.2) is 12.7 Å². The summed E-state index contributed by atoms with van der Waals surface area (Å²) in [6.45, 7) is 15.4. The average molecular weight is 200 g/mol. The predicted molar refractivity (Wildman–Crippen MR) is 68.5 cm³/mol. The number of allylic oxidation sites excluding steroid dienone is 1. The first-order chi connectivity index (χ1) is 6.83. The summed E-state index contributed by atoms with van der Waals surface area (Å²) in [5.41, 5.74) is 0. The van der Waals surface area contributed by atoms with Crippen molar-refractivity contribution < 1.29 is 4.74 Å². The maximum Gasteiger partial charge on any atom is 0.0463 e. The van der Waals surface area contributed by atoms with E-state index in [-0.39, 0.29) is 0 Å². The van der Waals surface area contributed by atoms with Gasteiger partial charge in [-0.1, -0.05) is 33.8 Å². The Labute approximate surface area is 91.6 Å². The Morgan fingerprint density at radius 2 is 1.50 bits per heavy atom. The van der Waals surface area contributed by atoms with Crippen LogP contribution in [0.2, 0.25) is 0 Å². The van der Waals surface area contributed by atoms with Gasteiger partial charge in [-0.25, -0.2) is 0 Å². The average Bonchev–Trinajstić information content (AvgIpc) is 2.32. The van der Waals surface area contributed by atoms with Gasteiger partial charge in [-0.2, -0.15) is 0 Å². The Morgan fingerprint density at radius 1 is 1.14 bits per heavy atom. The van der Waals surface area contributed by atoms with Crippen LogP contribution in [0.4, 0.5) is 0 Å². The zero-order chi connectivity index (χ0) is 12.2. The van der Waals surface area contributed by atoms with Gasteiger partial charge in [0.25, 0.3) is 0 Å². The first kappa shape index (κ1) is 23.2. The van der Waals surface area contributed by atoms with Crippen molar-refractivity contribution in [1.29, 1.82) is 0 Å². The minimum Gasteiger partial charge on any atom is -0.382 e. The van der Waals surface area contributed by atoms with E-state index in [1.165, 1.54) is 0 Å². The topological polar surface area (TPSA) is 9.23 Å². The van der Waals surface area contributed by atoms with E-state index in [1.54, 1.807) is 0 Å². The number of ether oxygens (including phenoxy) is 1. The van der Waals surface area contributed by atoms with Crippen molar-refractivity contribution in [2.75, 3.05) is 13.2 Å². The first-order valence-corrected chi connectivity index (χ1v) is 5.35. The van der Waals surface area contributed by atoms with Crippen LogP contribution >= 0.6 is 0 Å². The number of rotatable bonds is 4. The van der Waals surface area contributed by atoms with Crippen molar-refractivity contribution in [3.8, 4) is 12.8 Å². The molecule has 0 amide bonds. The van der Waals surface area contributed by atoms with E-state index in [4.69, 9.17) is 4.74 Å². The van der Waals surface area contributed by atoms with Gasteiger partial charge in [-0.3, -0.25) is 0 Å². The predicted octanol–water partition coefficient (Wildman–Crippen LogP) is 4.29. The fourth-order valence-electron chi connectivity index (χ4n) is 0.289. The maximum absolute atomic E-state index is 4.98. The second kappa shape index (κ2) is 56.2. The lowest BCUT2D eigenvalue weighted by molar-refractivity contribution is 0.148. The van der Waals surface area contributed by atoms with Gasteiger partial charge in [0.05, 0.1) is 0 Å². The summed E-state index contributed by atoms with van der Waals surface area (Å²) in [6, 6.07) is 0. The molecule has 0 N–H and O–H groups in total. The highest BCUT2D eigenvalue weighted by Crippen LogP contribution is 1.75. The molecule has 0 aromatic rings. The minimum atomic E-state index is 0.855. The molecule has 1 heteroatoms. The molecule has 0 rings (SSSR count). The van der Waals surface area contributed by atoms with Gasteiger partial charge in [0.2, 0.25) is 0 Å². The molecule has 0 saturated carbocycles. The van der Waals surface area contributed by atoms with E-state index in [0.717, 1.165) is 26.1 Å². The molecule has 0 atom stereocenters.